The van der Waals surface area contributed by atoms with Gasteiger partial charge in [0.2, 0.25) is 0 Å². The van der Waals surface area contributed by atoms with E-state index in [1.807, 2.05) is 12.1 Å². The minimum Gasteiger partial charge on any atom is -0.347 e. The van der Waals surface area contributed by atoms with Gasteiger partial charge in [0, 0.05) is 55.5 Å². The van der Waals surface area contributed by atoms with Crippen LogP contribution in [0.1, 0.15) is 85.5 Å². The fourth-order valence-electron chi connectivity index (χ4n) is 6.47. The van der Waals surface area contributed by atoms with Crippen LogP contribution in [0.2, 0.25) is 0 Å². The summed E-state index contributed by atoms with van der Waals surface area (Å²) in [4.78, 5) is 35.7. The number of nitrogens with zero attached hydrogens (tertiary/aromatic N) is 5. The molecule has 1 amide bonds. The van der Waals surface area contributed by atoms with Gasteiger partial charge < -0.3 is 19.8 Å². The van der Waals surface area contributed by atoms with Crippen molar-refractivity contribution in [2.75, 3.05) is 13.1 Å². The molecule has 2 aromatic heterocycles. The number of rotatable bonds is 15. The molecule has 5 rings (SSSR count). The molecule has 2 heterocycles. The van der Waals surface area contributed by atoms with Crippen molar-refractivity contribution in [3.63, 3.8) is 0 Å². The van der Waals surface area contributed by atoms with Gasteiger partial charge in [-0.15, -0.1) is 0 Å². The first-order valence-electron chi connectivity index (χ1n) is 16.0. The summed E-state index contributed by atoms with van der Waals surface area (Å²) in [7, 11) is 0. The maximum Gasteiger partial charge on any atom is 0.254 e. The number of imidazole rings is 2. The van der Waals surface area contributed by atoms with E-state index in [9.17, 15) is 4.79 Å². The topological polar surface area (TPSA) is 84.2 Å². The number of amides is 1. The molecule has 2 N–H and O–H groups in total. The largest absolute Gasteiger partial charge is 0.347 e. The van der Waals surface area contributed by atoms with Crippen LogP contribution in [0, 0.1) is 0 Å². The molecule has 2 aromatic carbocycles. The van der Waals surface area contributed by atoms with Crippen LogP contribution >= 0.6 is 0 Å². The lowest BCUT2D eigenvalue weighted by molar-refractivity contribution is 0.0721. The Labute approximate surface area is 256 Å². The van der Waals surface area contributed by atoms with E-state index in [4.69, 9.17) is 0 Å². The first-order valence-corrected chi connectivity index (χ1v) is 16.0. The molecule has 8 nitrogen and oxygen atoms in total. The molecule has 0 spiro atoms. The Morgan fingerprint density at radius 1 is 0.698 bits per heavy atom. The Bertz CT molecular complexity index is 1290. The van der Waals surface area contributed by atoms with Crippen molar-refractivity contribution >= 4 is 5.91 Å². The average Bonchev–Trinajstić information content (AvgIpc) is 3.76. The summed E-state index contributed by atoms with van der Waals surface area (Å²) < 4.78 is 0. The Hall–Kier alpha value is -3.75. The number of carbonyl (C=O) groups excluding carboxylic acids is 1. The second kappa shape index (κ2) is 15.6. The van der Waals surface area contributed by atoms with Crippen LogP contribution < -0.4 is 0 Å². The quantitative estimate of drug-likeness (QED) is 0.170. The zero-order valence-corrected chi connectivity index (χ0v) is 25.8. The standard InChI is InChI=1S/C35H47N7O/c1-3-22-40(23-4-2)31-14-16-32(17-15-31)41(24-28-8-6-5-7-9-28)25-29-10-12-30(13-11-29)35(43)42(26-33-36-18-19-37-33)27-34-38-20-21-39-34/h5-13,18-21,31-32H,3-4,14-17,22-27H2,1-2H3,(H,36,37)(H,38,39)/t31-,32-. The summed E-state index contributed by atoms with van der Waals surface area (Å²) in [6, 6.07) is 20.3. The predicted octanol–water partition coefficient (Wildman–Crippen LogP) is 6.41. The second-order valence-corrected chi connectivity index (χ2v) is 11.8. The van der Waals surface area contributed by atoms with Crippen molar-refractivity contribution in [2.45, 2.75) is 90.6 Å². The van der Waals surface area contributed by atoms with Gasteiger partial charge in [-0.3, -0.25) is 9.69 Å². The normalized spacial score (nSPS) is 17.0. The lowest BCUT2D eigenvalue weighted by Gasteiger charge is -2.41. The van der Waals surface area contributed by atoms with Crippen LogP contribution in [-0.2, 0) is 26.2 Å². The van der Waals surface area contributed by atoms with Gasteiger partial charge in [0.1, 0.15) is 11.6 Å². The van der Waals surface area contributed by atoms with Crippen LogP contribution in [0.25, 0.3) is 0 Å². The molecule has 0 aliphatic heterocycles. The van der Waals surface area contributed by atoms with Gasteiger partial charge in [-0.1, -0.05) is 56.3 Å². The van der Waals surface area contributed by atoms with E-state index < -0.39 is 0 Å². The van der Waals surface area contributed by atoms with Gasteiger partial charge in [-0.25, -0.2) is 9.97 Å². The fourth-order valence-corrected chi connectivity index (χ4v) is 6.47. The minimum absolute atomic E-state index is 0.0393. The van der Waals surface area contributed by atoms with Crippen molar-refractivity contribution in [3.05, 3.63) is 108 Å². The summed E-state index contributed by atoms with van der Waals surface area (Å²) >= 11 is 0. The molecular weight excluding hydrogens is 534 g/mol. The molecule has 0 radical (unpaired) electrons. The molecular formula is C35H47N7O. The third-order valence-electron chi connectivity index (χ3n) is 8.61. The van der Waals surface area contributed by atoms with Crippen molar-refractivity contribution in [3.8, 4) is 0 Å². The molecule has 1 aliphatic carbocycles. The Balaban J connectivity index is 1.27. The van der Waals surface area contributed by atoms with Crippen LogP contribution in [-0.4, -0.2) is 65.7 Å². The zero-order valence-electron chi connectivity index (χ0n) is 25.8. The first kappa shape index (κ1) is 30.7. The van der Waals surface area contributed by atoms with E-state index in [1.165, 1.54) is 62.7 Å². The molecule has 4 aromatic rings. The van der Waals surface area contributed by atoms with Gasteiger partial charge in [0.15, 0.2) is 0 Å². The fraction of sp³-hybridized carbons (Fsp3) is 0.457. The molecule has 0 bridgehead atoms. The van der Waals surface area contributed by atoms with Gasteiger partial charge in [-0.05, 0) is 74.9 Å². The van der Waals surface area contributed by atoms with Crippen molar-refractivity contribution in [1.29, 1.82) is 0 Å². The van der Waals surface area contributed by atoms with Crippen molar-refractivity contribution in [1.82, 2.24) is 34.6 Å². The third-order valence-corrected chi connectivity index (χ3v) is 8.61. The molecule has 43 heavy (non-hydrogen) atoms. The highest BCUT2D eigenvalue weighted by Gasteiger charge is 2.29. The Morgan fingerprint density at radius 3 is 1.70 bits per heavy atom. The number of benzene rings is 2. The Kier molecular flexibility index (Phi) is 11.2. The highest BCUT2D eigenvalue weighted by atomic mass is 16.2. The molecule has 1 saturated carbocycles. The van der Waals surface area contributed by atoms with E-state index in [0.29, 0.717) is 30.7 Å². The Morgan fingerprint density at radius 2 is 1.21 bits per heavy atom. The molecule has 228 valence electrons. The summed E-state index contributed by atoms with van der Waals surface area (Å²) in [5.74, 6) is 1.45. The maximum absolute atomic E-state index is 13.6. The molecule has 8 heteroatoms. The molecule has 0 atom stereocenters. The maximum atomic E-state index is 13.6. The summed E-state index contributed by atoms with van der Waals surface area (Å²) in [6.45, 7) is 9.59. The third kappa shape index (κ3) is 8.65. The second-order valence-electron chi connectivity index (χ2n) is 11.8. The van der Waals surface area contributed by atoms with E-state index in [2.05, 4.69) is 86.0 Å². The number of hydrogen-bond donors (Lipinski definition) is 2. The number of nitrogens with one attached hydrogen (secondary N) is 2. The predicted molar refractivity (Wildman–Crippen MR) is 171 cm³/mol. The number of aromatic nitrogens is 4. The van der Waals surface area contributed by atoms with Gasteiger partial charge >= 0.3 is 0 Å². The summed E-state index contributed by atoms with van der Waals surface area (Å²) in [5, 5.41) is 0. The van der Waals surface area contributed by atoms with E-state index in [0.717, 1.165) is 24.7 Å². The minimum atomic E-state index is -0.0393. The number of H-pyrrole nitrogens is 2. The highest BCUT2D eigenvalue weighted by Crippen LogP contribution is 2.29. The van der Waals surface area contributed by atoms with Gasteiger partial charge in [0.25, 0.3) is 5.91 Å². The van der Waals surface area contributed by atoms with E-state index >= 15 is 0 Å². The lowest BCUT2D eigenvalue weighted by atomic mass is 9.88. The van der Waals surface area contributed by atoms with Gasteiger partial charge in [-0.2, -0.15) is 0 Å². The monoisotopic (exact) mass is 581 g/mol. The van der Waals surface area contributed by atoms with E-state index in [1.54, 1.807) is 29.7 Å². The molecule has 1 fully saturated rings. The van der Waals surface area contributed by atoms with Gasteiger partial charge in [0.05, 0.1) is 13.1 Å². The molecule has 0 saturated heterocycles. The van der Waals surface area contributed by atoms with Crippen LogP contribution in [0.4, 0.5) is 0 Å². The van der Waals surface area contributed by atoms with Crippen molar-refractivity contribution in [2.24, 2.45) is 0 Å². The smallest absolute Gasteiger partial charge is 0.254 e. The van der Waals surface area contributed by atoms with E-state index in [-0.39, 0.29) is 5.91 Å². The van der Waals surface area contributed by atoms with Crippen LogP contribution in [0.5, 0.6) is 0 Å². The first-order chi connectivity index (χ1) is 21.1. The number of carbonyl (C=O) groups is 1. The average molecular weight is 582 g/mol. The SMILES string of the molecule is CCCN(CCC)[C@H]1CC[C@H](N(Cc2ccccc2)Cc2ccc(C(=O)N(Cc3ncc[nH]3)Cc3ncc[nH]3)cc2)CC1. The van der Waals surface area contributed by atoms with Crippen LogP contribution in [0.3, 0.4) is 0 Å². The number of hydrogen-bond acceptors (Lipinski definition) is 5. The molecule has 1 aliphatic rings. The molecule has 0 unspecified atom stereocenters. The van der Waals surface area contributed by atoms with Crippen molar-refractivity contribution < 1.29 is 4.79 Å². The summed E-state index contributed by atoms with van der Waals surface area (Å²) in [6.07, 6.45) is 14.4. The van der Waals surface area contributed by atoms with Crippen LogP contribution in [0.15, 0.2) is 79.4 Å². The lowest BCUT2D eigenvalue weighted by Crippen LogP contribution is -2.44. The number of aromatic amines is 2. The highest BCUT2D eigenvalue weighted by molar-refractivity contribution is 5.94. The zero-order chi connectivity index (χ0) is 29.9. The summed E-state index contributed by atoms with van der Waals surface area (Å²) in [5.41, 5.74) is 3.25.